The summed E-state index contributed by atoms with van der Waals surface area (Å²) in [6, 6.07) is 3.45. The van der Waals surface area contributed by atoms with Gasteiger partial charge in [0.1, 0.15) is 35.3 Å². The van der Waals surface area contributed by atoms with Gasteiger partial charge in [-0.3, -0.25) is 9.59 Å². The van der Waals surface area contributed by atoms with E-state index >= 15 is 0 Å². The third-order valence-electron chi connectivity index (χ3n) is 6.38. The quantitative estimate of drug-likeness (QED) is 0.578. The minimum Gasteiger partial charge on any atom is -0.493 e. The third kappa shape index (κ3) is 4.20. The average molecular weight is 469 g/mol. The molecule has 34 heavy (non-hydrogen) atoms. The minimum absolute atomic E-state index is 0.0529. The van der Waals surface area contributed by atoms with Crippen LogP contribution >= 0.6 is 0 Å². The van der Waals surface area contributed by atoms with Gasteiger partial charge in [0, 0.05) is 24.7 Å². The van der Waals surface area contributed by atoms with E-state index in [4.69, 9.17) is 4.74 Å². The summed E-state index contributed by atoms with van der Waals surface area (Å²) >= 11 is 0. The lowest BCUT2D eigenvalue weighted by Gasteiger charge is -2.15. The largest absolute Gasteiger partial charge is 0.493 e. The fourth-order valence-electron chi connectivity index (χ4n) is 4.31. The van der Waals surface area contributed by atoms with Crippen LogP contribution in [0.4, 0.5) is 8.78 Å². The van der Waals surface area contributed by atoms with Crippen LogP contribution in [0, 0.1) is 18.7 Å². The molecule has 1 saturated carbocycles. The lowest BCUT2D eigenvalue weighted by Crippen LogP contribution is -2.41. The molecule has 2 atom stereocenters. The summed E-state index contributed by atoms with van der Waals surface area (Å²) in [7, 11) is 0. The summed E-state index contributed by atoms with van der Waals surface area (Å²) in [4.78, 5) is 37.9. The van der Waals surface area contributed by atoms with Crippen molar-refractivity contribution < 1.29 is 23.1 Å². The number of hydrogen-bond acceptors (Lipinski definition) is 5. The van der Waals surface area contributed by atoms with E-state index in [1.165, 1.54) is 30.3 Å². The van der Waals surface area contributed by atoms with Crippen LogP contribution in [-0.2, 0) is 4.79 Å². The molecule has 0 spiro atoms. The Morgan fingerprint density at radius 2 is 2.06 bits per heavy atom. The number of rotatable bonds is 6. The molecule has 1 aromatic carbocycles. The summed E-state index contributed by atoms with van der Waals surface area (Å²) < 4.78 is 34.5. The number of aryl methyl sites for hydroxylation is 1. The summed E-state index contributed by atoms with van der Waals surface area (Å²) in [5, 5.41) is 2.70. The molecule has 2 aromatic heterocycles. The number of alkyl halides is 1. The Hall–Kier alpha value is -3.56. The lowest BCUT2D eigenvalue weighted by atomic mass is 10.1. The molecule has 1 aliphatic heterocycles. The van der Waals surface area contributed by atoms with Crippen molar-refractivity contribution in [2.24, 2.45) is 5.92 Å². The van der Waals surface area contributed by atoms with E-state index in [0.29, 0.717) is 46.3 Å². The van der Waals surface area contributed by atoms with Crippen molar-refractivity contribution in [3.63, 3.8) is 0 Å². The first kappa shape index (κ1) is 22.2. The molecule has 2 aliphatic rings. The summed E-state index contributed by atoms with van der Waals surface area (Å²) in [5.74, 6) is -0.167. The number of halogens is 2. The predicted octanol–water partition coefficient (Wildman–Crippen LogP) is 3.16. The Labute approximate surface area is 194 Å². The number of H-pyrrole nitrogens is 1. The zero-order valence-electron chi connectivity index (χ0n) is 18.9. The van der Waals surface area contributed by atoms with Crippen LogP contribution in [0.25, 0.3) is 22.3 Å². The highest BCUT2D eigenvalue weighted by molar-refractivity contribution is 6.09. The van der Waals surface area contributed by atoms with Gasteiger partial charge in [0.05, 0.1) is 30.3 Å². The first-order valence-corrected chi connectivity index (χ1v) is 11.3. The molecule has 0 bridgehead atoms. The number of likely N-dealkylation sites (tertiary alicyclic amines) is 1. The molecule has 1 aliphatic carbocycles. The van der Waals surface area contributed by atoms with Gasteiger partial charge in [-0.25, -0.2) is 18.7 Å². The van der Waals surface area contributed by atoms with Crippen LogP contribution in [-0.4, -0.2) is 63.6 Å². The van der Waals surface area contributed by atoms with E-state index in [0.717, 1.165) is 12.8 Å². The van der Waals surface area contributed by atoms with Crippen LogP contribution in [0.1, 0.15) is 35.8 Å². The van der Waals surface area contributed by atoms with Crippen LogP contribution in [0.2, 0.25) is 0 Å². The first-order chi connectivity index (χ1) is 16.3. The maximum absolute atomic E-state index is 14.4. The van der Waals surface area contributed by atoms with Crippen molar-refractivity contribution in [3.8, 4) is 17.0 Å². The first-order valence-electron chi connectivity index (χ1n) is 11.3. The third-order valence-corrected chi connectivity index (χ3v) is 6.38. The maximum atomic E-state index is 14.4. The van der Waals surface area contributed by atoms with E-state index in [-0.39, 0.29) is 24.6 Å². The van der Waals surface area contributed by atoms with Gasteiger partial charge in [0.25, 0.3) is 5.91 Å². The Morgan fingerprint density at radius 1 is 1.26 bits per heavy atom. The van der Waals surface area contributed by atoms with Gasteiger partial charge in [-0.15, -0.1) is 0 Å². The molecular formula is C24H25F2N5O3. The van der Waals surface area contributed by atoms with Crippen molar-refractivity contribution >= 4 is 22.8 Å². The predicted molar refractivity (Wildman–Crippen MR) is 121 cm³/mol. The number of carbonyl (C=O) groups excluding carboxylic acids is 2. The molecule has 2 amide bonds. The Bertz CT molecular complexity index is 1270. The van der Waals surface area contributed by atoms with Gasteiger partial charge < -0.3 is 19.9 Å². The molecule has 0 radical (unpaired) electrons. The van der Waals surface area contributed by atoms with Crippen molar-refractivity contribution in [1.29, 1.82) is 0 Å². The summed E-state index contributed by atoms with van der Waals surface area (Å²) in [6.45, 7) is 3.68. The molecule has 178 valence electrons. The van der Waals surface area contributed by atoms with Gasteiger partial charge in [-0.05, 0) is 43.9 Å². The second kappa shape index (κ2) is 8.66. The average Bonchev–Trinajstić information content (AvgIpc) is 3.46. The Kier molecular flexibility index (Phi) is 5.66. The SMILES string of the molecule is CC(=O)N1C[C@@H](F)[C@@H](NC(=O)c2c(C)[nH]c3c(-c4cc(F)ccc4OCC4CC4)ncnc23)C1. The number of carbonyl (C=O) groups is 2. The number of ether oxygens (including phenoxy) is 1. The van der Waals surface area contributed by atoms with E-state index in [1.807, 2.05) is 0 Å². The van der Waals surface area contributed by atoms with E-state index in [1.54, 1.807) is 13.0 Å². The molecule has 10 heteroatoms. The molecule has 1 saturated heterocycles. The number of aromatic nitrogens is 3. The number of hydrogen-bond donors (Lipinski definition) is 2. The highest BCUT2D eigenvalue weighted by Gasteiger charge is 2.36. The number of fused-ring (bicyclic) bond motifs is 1. The minimum atomic E-state index is -1.36. The number of benzene rings is 1. The second-order valence-corrected chi connectivity index (χ2v) is 8.99. The highest BCUT2D eigenvalue weighted by atomic mass is 19.1. The molecule has 8 nitrogen and oxygen atoms in total. The Morgan fingerprint density at radius 3 is 2.76 bits per heavy atom. The lowest BCUT2D eigenvalue weighted by molar-refractivity contribution is -0.128. The zero-order chi connectivity index (χ0) is 24.0. The van der Waals surface area contributed by atoms with Gasteiger partial charge >= 0.3 is 0 Å². The standard InChI is InChI=1S/C24H25F2N5O3/c1-12-20(24(33)30-18-9-31(13(2)32)8-17(18)26)22-23(29-12)21(27-11-28-22)16-7-15(25)5-6-19(16)34-10-14-3-4-14/h5-7,11,14,17-18,29H,3-4,8-10H2,1-2H3,(H,30,33)/t17-,18+/m1/s1. The van der Waals surface area contributed by atoms with Gasteiger partial charge in [0.2, 0.25) is 5.91 Å². The molecule has 3 aromatic rings. The Balaban J connectivity index is 1.48. The van der Waals surface area contributed by atoms with Crippen molar-refractivity contribution in [2.45, 2.75) is 38.9 Å². The maximum Gasteiger partial charge on any atom is 0.255 e. The second-order valence-electron chi connectivity index (χ2n) is 8.99. The van der Waals surface area contributed by atoms with E-state index in [2.05, 4.69) is 20.3 Å². The fraction of sp³-hybridized carbons (Fsp3) is 0.417. The summed E-state index contributed by atoms with van der Waals surface area (Å²) in [5.41, 5.74) is 2.43. The van der Waals surface area contributed by atoms with Crippen LogP contribution in [0.5, 0.6) is 5.75 Å². The van der Waals surface area contributed by atoms with Crippen molar-refractivity contribution in [2.75, 3.05) is 19.7 Å². The molecular weight excluding hydrogens is 444 g/mol. The molecule has 2 fully saturated rings. The number of nitrogens with one attached hydrogen (secondary N) is 2. The number of amides is 2. The molecule has 5 rings (SSSR count). The van der Waals surface area contributed by atoms with Crippen LogP contribution < -0.4 is 10.1 Å². The van der Waals surface area contributed by atoms with E-state index in [9.17, 15) is 18.4 Å². The van der Waals surface area contributed by atoms with Gasteiger partial charge in [-0.2, -0.15) is 0 Å². The number of aromatic amines is 1. The monoisotopic (exact) mass is 469 g/mol. The highest BCUT2D eigenvalue weighted by Crippen LogP contribution is 2.36. The zero-order valence-corrected chi connectivity index (χ0v) is 18.9. The molecule has 0 unspecified atom stereocenters. The molecule has 3 heterocycles. The van der Waals surface area contributed by atoms with Crippen LogP contribution in [0.15, 0.2) is 24.5 Å². The fourth-order valence-corrected chi connectivity index (χ4v) is 4.31. The van der Waals surface area contributed by atoms with Gasteiger partial charge in [-0.1, -0.05) is 0 Å². The van der Waals surface area contributed by atoms with Crippen molar-refractivity contribution in [1.82, 2.24) is 25.2 Å². The van der Waals surface area contributed by atoms with Crippen LogP contribution in [0.3, 0.4) is 0 Å². The summed E-state index contributed by atoms with van der Waals surface area (Å²) in [6.07, 6.45) is 2.19. The molecule has 2 N–H and O–H groups in total. The smallest absolute Gasteiger partial charge is 0.255 e. The topological polar surface area (TPSA) is 100 Å². The van der Waals surface area contributed by atoms with Crippen molar-refractivity contribution in [3.05, 3.63) is 41.6 Å². The normalized spacial score (nSPS) is 20.1. The van der Waals surface area contributed by atoms with E-state index < -0.39 is 23.9 Å². The van der Waals surface area contributed by atoms with Gasteiger partial charge in [0.15, 0.2) is 0 Å². The number of nitrogens with zero attached hydrogens (tertiary/aromatic N) is 3.